The molecule has 10 rings (SSSR count). The third-order valence-electron chi connectivity index (χ3n) is 12.2. The summed E-state index contributed by atoms with van der Waals surface area (Å²) in [5.74, 6) is 0. The molecule has 10 aromatic rings. The van der Waals surface area contributed by atoms with Crippen molar-refractivity contribution < 1.29 is 13.2 Å². The third kappa shape index (κ3) is 6.13. The molecule has 8 aromatic carbocycles. The second-order valence-corrected chi connectivity index (χ2v) is 16.2. The Hall–Kier alpha value is -7.87. The Morgan fingerprint density at radius 3 is 1.40 bits per heavy atom. The van der Waals surface area contributed by atoms with Gasteiger partial charge in [-0.05, 0) is 110 Å². The quantitative estimate of drug-likeness (QED) is 0.174. The molecule has 7 heteroatoms. The zero-order chi connectivity index (χ0) is 43.0. The maximum atomic E-state index is 14.2. The lowest BCUT2D eigenvalue weighted by Gasteiger charge is -2.20. The topological polar surface area (TPSA) is 57.4 Å². The molecule has 2 heterocycles. The van der Waals surface area contributed by atoms with Gasteiger partial charge in [-0.3, -0.25) is 0 Å². The molecule has 0 aliphatic carbocycles. The molecule has 0 saturated heterocycles. The highest BCUT2D eigenvalue weighted by Gasteiger charge is 2.32. The number of fused-ring (bicyclic) bond motifs is 6. The smallest absolute Gasteiger partial charge is 0.309 e. The first kappa shape index (κ1) is 38.3. The molecule has 0 atom stereocenters. The fourth-order valence-electron chi connectivity index (χ4n) is 9.37. The number of rotatable bonds is 5. The van der Waals surface area contributed by atoms with Crippen molar-refractivity contribution in [3.63, 3.8) is 0 Å². The van der Waals surface area contributed by atoms with Gasteiger partial charge in [0, 0.05) is 32.7 Å². The van der Waals surface area contributed by atoms with E-state index in [1.165, 1.54) is 6.07 Å². The molecule has 0 radical (unpaired) electrons. The van der Waals surface area contributed by atoms with E-state index in [0.717, 1.165) is 100 Å². The largest absolute Gasteiger partial charge is 0.416 e. The van der Waals surface area contributed by atoms with Gasteiger partial charge in [-0.25, -0.2) is 0 Å². The minimum atomic E-state index is -4.66. The van der Waals surface area contributed by atoms with Crippen molar-refractivity contribution in [2.75, 3.05) is 0 Å². The second-order valence-electron chi connectivity index (χ2n) is 16.2. The molecule has 0 aliphatic heterocycles. The van der Waals surface area contributed by atoms with Crippen molar-refractivity contribution >= 4 is 43.6 Å². The second kappa shape index (κ2) is 14.4. The van der Waals surface area contributed by atoms with Crippen LogP contribution in [0.5, 0.6) is 0 Å². The molecule has 0 unspecified atom stereocenters. The van der Waals surface area contributed by atoms with E-state index >= 15 is 0 Å². The van der Waals surface area contributed by atoms with Crippen molar-refractivity contribution in [3.8, 4) is 56.9 Å². The van der Waals surface area contributed by atoms with Crippen molar-refractivity contribution in [3.05, 3.63) is 191 Å². The van der Waals surface area contributed by atoms with Crippen LogP contribution in [-0.2, 0) is 6.18 Å². The maximum absolute atomic E-state index is 14.2. The minimum Gasteiger partial charge on any atom is -0.309 e. The SMILES string of the molecule is Cc1ccc(-c2ccc3c4ccccc4n(-c4cc(-c5ccc(C(F)(F)F)cc5C#N)c(-n5c6ccccc6c6ccc(-c7ccc(C)cc7C)cc65)cc4C#N)c3c2)c(C)c1. The zero-order valence-electron chi connectivity index (χ0n) is 34.4. The zero-order valence-corrected chi connectivity index (χ0v) is 34.4. The monoisotopic (exact) mass is 810 g/mol. The van der Waals surface area contributed by atoms with E-state index < -0.39 is 11.7 Å². The highest BCUT2D eigenvalue weighted by atomic mass is 19.4. The average Bonchev–Trinajstić information content (AvgIpc) is 3.77. The van der Waals surface area contributed by atoms with Gasteiger partial charge in [-0.15, -0.1) is 0 Å². The van der Waals surface area contributed by atoms with Crippen LogP contribution in [0.15, 0.2) is 152 Å². The van der Waals surface area contributed by atoms with Gasteiger partial charge in [0.1, 0.15) is 6.07 Å². The minimum absolute atomic E-state index is 0.132. The number of para-hydroxylation sites is 2. The molecule has 0 spiro atoms. The number of aromatic nitrogens is 2. The number of alkyl halides is 3. The van der Waals surface area contributed by atoms with Crippen molar-refractivity contribution in [1.29, 1.82) is 10.5 Å². The van der Waals surface area contributed by atoms with Gasteiger partial charge in [0.25, 0.3) is 0 Å². The van der Waals surface area contributed by atoms with Crippen molar-refractivity contribution in [2.24, 2.45) is 0 Å². The molecule has 2 aromatic heterocycles. The molecule has 298 valence electrons. The van der Waals surface area contributed by atoms with Crippen LogP contribution in [0.1, 0.15) is 38.9 Å². The van der Waals surface area contributed by atoms with Gasteiger partial charge in [0.05, 0.1) is 56.2 Å². The molecular weight excluding hydrogens is 774 g/mol. The van der Waals surface area contributed by atoms with Crippen LogP contribution in [0.4, 0.5) is 13.2 Å². The van der Waals surface area contributed by atoms with E-state index in [-0.39, 0.29) is 5.56 Å². The summed E-state index contributed by atoms with van der Waals surface area (Å²) in [6, 6.07) is 53.1. The summed E-state index contributed by atoms with van der Waals surface area (Å²) < 4.78 is 46.8. The first-order valence-corrected chi connectivity index (χ1v) is 20.4. The van der Waals surface area contributed by atoms with E-state index in [2.05, 4.69) is 134 Å². The molecule has 0 fully saturated rings. The number of halogens is 3. The normalized spacial score (nSPS) is 11.8. The maximum Gasteiger partial charge on any atom is 0.416 e. The van der Waals surface area contributed by atoms with Crippen LogP contribution >= 0.6 is 0 Å². The lowest BCUT2D eigenvalue weighted by Crippen LogP contribution is -2.07. The van der Waals surface area contributed by atoms with Crippen LogP contribution in [-0.4, -0.2) is 9.13 Å². The number of aryl methyl sites for hydroxylation is 4. The molecule has 0 bridgehead atoms. The van der Waals surface area contributed by atoms with Gasteiger partial charge in [-0.1, -0.05) is 114 Å². The highest BCUT2D eigenvalue weighted by Crippen LogP contribution is 2.44. The third-order valence-corrected chi connectivity index (χ3v) is 12.2. The summed E-state index contributed by atoms with van der Waals surface area (Å²) in [4.78, 5) is 0. The first-order valence-electron chi connectivity index (χ1n) is 20.4. The summed E-state index contributed by atoms with van der Waals surface area (Å²) in [7, 11) is 0. The van der Waals surface area contributed by atoms with Gasteiger partial charge in [0.2, 0.25) is 0 Å². The fraction of sp³-hybridized carbons (Fsp3) is 0.0909. The number of nitrogens with zero attached hydrogens (tertiary/aromatic N) is 4. The Morgan fingerprint density at radius 2 is 0.903 bits per heavy atom. The fourth-order valence-corrected chi connectivity index (χ4v) is 9.37. The predicted molar refractivity (Wildman–Crippen MR) is 245 cm³/mol. The summed E-state index contributed by atoms with van der Waals surface area (Å²) in [5, 5.41) is 25.7. The first-order chi connectivity index (χ1) is 29.9. The van der Waals surface area contributed by atoms with Crippen molar-refractivity contribution in [1.82, 2.24) is 9.13 Å². The van der Waals surface area contributed by atoms with Crippen LogP contribution in [0.3, 0.4) is 0 Å². The standard InChI is InChI=1S/C55H37F3N4/c1-32-13-18-41(34(3)23-32)36-15-20-46-44-9-5-7-11-49(44)61(52(46)26-36)51-29-48(43-22-17-40(55(56,57)58)25-38(43)30-59)54(28-39(51)31-60)62-50-12-8-6-10-45(50)47-21-16-37(27-53(47)62)42-19-14-33(2)24-35(42)4/h5-29H,1-4H3. The number of hydrogen-bond donors (Lipinski definition) is 0. The van der Waals surface area contributed by atoms with Crippen LogP contribution in [0, 0.1) is 50.4 Å². The Labute approximate surface area is 356 Å². The van der Waals surface area contributed by atoms with Gasteiger partial charge < -0.3 is 9.13 Å². The summed E-state index contributed by atoms with van der Waals surface area (Å²) >= 11 is 0. The van der Waals surface area contributed by atoms with E-state index in [4.69, 9.17) is 0 Å². The van der Waals surface area contributed by atoms with Crippen LogP contribution in [0.2, 0.25) is 0 Å². The molecule has 0 saturated carbocycles. The molecule has 62 heavy (non-hydrogen) atoms. The molecule has 0 amide bonds. The predicted octanol–water partition coefficient (Wildman–Crippen LogP) is 14.9. The summed E-state index contributed by atoms with van der Waals surface area (Å²) in [6.07, 6.45) is -4.66. The Morgan fingerprint density at radius 1 is 0.419 bits per heavy atom. The van der Waals surface area contributed by atoms with E-state index in [1.807, 2.05) is 48.5 Å². The van der Waals surface area contributed by atoms with Gasteiger partial charge >= 0.3 is 6.18 Å². The number of nitriles is 2. The lowest BCUT2D eigenvalue weighted by molar-refractivity contribution is -0.137. The van der Waals surface area contributed by atoms with Gasteiger partial charge in [-0.2, -0.15) is 23.7 Å². The van der Waals surface area contributed by atoms with Crippen LogP contribution < -0.4 is 0 Å². The molecular formula is C55H37F3N4. The molecule has 4 nitrogen and oxygen atoms in total. The summed E-state index contributed by atoms with van der Waals surface area (Å²) in [5.41, 5.74) is 13.4. The average molecular weight is 811 g/mol. The molecule has 0 N–H and O–H groups in total. The van der Waals surface area contributed by atoms with Crippen molar-refractivity contribution in [2.45, 2.75) is 33.9 Å². The lowest BCUT2D eigenvalue weighted by atomic mass is 9.94. The molecule has 0 aliphatic rings. The Kier molecular flexibility index (Phi) is 8.91. The van der Waals surface area contributed by atoms with Crippen LogP contribution in [0.25, 0.3) is 88.4 Å². The summed E-state index contributed by atoms with van der Waals surface area (Å²) in [6.45, 7) is 8.32. The van der Waals surface area contributed by atoms with E-state index in [9.17, 15) is 23.7 Å². The van der Waals surface area contributed by atoms with Gasteiger partial charge in [0.15, 0.2) is 0 Å². The highest BCUT2D eigenvalue weighted by molar-refractivity contribution is 6.12. The number of benzene rings is 8. The Bertz CT molecular complexity index is 3590. The number of hydrogen-bond acceptors (Lipinski definition) is 2. The van der Waals surface area contributed by atoms with E-state index in [0.29, 0.717) is 28.1 Å². The van der Waals surface area contributed by atoms with E-state index in [1.54, 1.807) is 0 Å². The Balaban J connectivity index is 1.33.